The molecule has 0 atom stereocenters. The van der Waals surface area contributed by atoms with Gasteiger partial charge in [0.2, 0.25) is 6.79 Å². The van der Waals surface area contributed by atoms with Crippen molar-refractivity contribution < 1.29 is 27.9 Å². The van der Waals surface area contributed by atoms with Gasteiger partial charge in [-0.2, -0.15) is 0 Å². The van der Waals surface area contributed by atoms with Gasteiger partial charge in [-0.05, 0) is 30.3 Å². The summed E-state index contributed by atoms with van der Waals surface area (Å²) in [4.78, 5) is 12.1. The van der Waals surface area contributed by atoms with Crippen molar-refractivity contribution in [3.63, 3.8) is 0 Å². The van der Waals surface area contributed by atoms with Crippen LogP contribution in [0.2, 0.25) is 0 Å². The molecule has 0 bridgehead atoms. The van der Waals surface area contributed by atoms with Crippen molar-refractivity contribution >= 4 is 5.97 Å². The second-order valence-electron chi connectivity index (χ2n) is 5.31. The molecule has 1 aliphatic rings. The van der Waals surface area contributed by atoms with E-state index in [9.17, 15) is 9.18 Å². The Balaban J connectivity index is 1.43. The van der Waals surface area contributed by atoms with Crippen LogP contribution >= 0.6 is 0 Å². The number of hydrogen-bond acceptors (Lipinski definition) is 6. The van der Waals surface area contributed by atoms with E-state index in [0.29, 0.717) is 28.3 Å². The molecule has 7 heteroatoms. The molecule has 0 saturated heterocycles. The summed E-state index contributed by atoms with van der Waals surface area (Å²) in [5.74, 6) is 0.406. The standard InChI is InChI=1S/C18H12FNO5/c19-14-4-2-1-3-13(14)16-8-12(20-25-16)9-22-18(21)11-5-6-15-17(7-11)24-10-23-15/h1-8H,9-10H2. The molecule has 2 aromatic carbocycles. The minimum atomic E-state index is -0.534. The summed E-state index contributed by atoms with van der Waals surface area (Å²) >= 11 is 0. The van der Waals surface area contributed by atoms with Crippen molar-refractivity contribution in [3.05, 3.63) is 65.6 Å². The molecule has 0 spiro atoms. The highest BCUT2D eigenvalue weighted by Gasteiger charge is 2.18. The monoisotopic (exact) mass is 341 g/mol. The average Bonchev–Trinajstić information content (AvgIpc) is 3.28. The summed E-state index contributed by atoms with van der Waals surface area (Å²) in [6.45, 7) is 0.0385. The quantitative estimate of drug-likeness (QED) is 0.676. The molecule has 25 heavy (non-hydrogen) atoms. The van der Waals surface area contributed by atoms with Crippen molar-refractivity contribution in [3.8, 4) is 22.8 Å². The fraction of sp³-hybridized carbons (Fsp3) is 0.111. The zero-order valence-electron chi connectivity index (χ0n) is 12.9. The molecule has 1 aliphatic heterocycles. The van der Waals surface area contributed by atoms with Gasteiger partial charge in [0.15, 0.2) is 17.3 Å². The number of hydrogen-bond donors (Lipinski definition) is 0. The summed E-state index contributed by atoms with van der Waals surface area (Å²) in [7, 11) is 0. The second-order valence-corrected chi connectivity index (χ2v) is 5.31. The molecule has 0 radical (unpaired) electrons. The highest BCUT2D eigenvalue weighted by molar-refractivity contribution is 5.90. The Morgan fingerprint density at radius 3 is 2.84 bits per heavy atom. The summed E-state index contributed by atoms with van der Waals surface area (Å²) in [6.07, 6.45) is 0. The van der Waals surface area contributed by atoms with E-state index < -0.39 is 11.8 Å². The molecule has 0 fully saturated rings. The highest BCUT2D eigenvalue weighted by Crippen LogP contribution is 2.32. The highest BCUT2D eigenvalue weighted by atomic mass is 19.1. The maximum absolute atomic E-state index is 13.7. The van der Waals surface area contributed by atoms with E-state index >= 15 is 0 Å². The van der Waals surface area contributed by atoms with Gasteiger partial charge < -0.3 is 18.7 Å². The third kappa shape index (κ3) is 3.03. The number of esters is 1. The summed E-state index contributed by atoms with van der Waals surface area (Å²) < 4.78 is 34.5. The van der Waals surface area contributed by atoms with Crippen LogP contribution in [-0.2, 0) is 11.3 Å². The Bertz CT molecular complexity index is 937. The number of benzene rings is 2. The molecule has 126 valence electrons. The van der Waals surface area contributed by atoms with Crippen LogP contribution in [0.1, 0.15) is 16.1 Å². The summed E-state index contributed by atoms with van der Waals surface area (Å²) in [5.41, 5.74) is 1.01. The number of ether oxygens (including phenoxy) is 3. The summed E-state index contributed by atoms with van der Waals surface area (Å²) in [5, 5.41) is 3.79. The SMILES string of the molecule is O=C(OCc1cc(-c2ccccc2F)on1)c1ccc2c(c1)OCO2. The van der Waals surface area contributed by atoms with Crippen LogP contribution in [0.25, 0.3) is 11.3 Å². The number of nitrogens with zero attached hydrogens (tertiary/aromatic N) is 1. The van der Waals surface area contributed by atoms with Crippen LogP contribution in [0.3, 0.4) is 0 Å². The van der Waals surface area contributed by atoms with E-state index in [1.54, 1.807) is 36.4 Å². The predicted molar refractivity (Wildman–Crippen MR) is 83.6 cm³/mol. The lowest BCUT2D eigenvalue weighted by Gasteiger charge is -2.03. The number of rotatable bonds is 4. The van der Waals surface area contributed by atoms with E-state index in [2.05, 4.69) is 5.16 Å². The minimum Gasteiger partial charge on any atom is -0.455 e. The van der Waals surface area contributed by atoms with E-state index in [0.717, 1.165) is 0 Å². The van der Waals surface area contributed by atoms with Gasteiger partial charge in [-0.1, -0.05) is 17.3 Å². The normalized spacial score (nSPS) is 12.2. The third-order valence-corrected chi connectivity index (χ3v) is 3.66. The van der Waals surface area contributed by atoms with Crippen LogP contribution < -0.4 is 9.47 Å². The molecule has 6 nitrogen and oxygen atoms in total. The maximum Gasteiger partial charge on any atom is 0.338 e. The number of carbonyl (C=O) groups excluding carboxylic acids is 1. The van der Waals surface area contributed by atoms with Crippen molar-refractivity contribution in [2.45, 2.75) is 6.61 Å². The maximum atomic E-state index is 13.7. The fourth-order valence-electron chi connectivity index (χ4n) is 2.41. The third-order valence-electron chi connectivity index (χ3n) is 3.66. The van der Waals surface area contributed by atoms with Gasteiger partial charge in [0.1, 0.15) is 18.1 Å². The van der Waals surface area contributed by atoms with Crippen LogP contribution in [0.5, 0.6) is 11.5 Å². The first-order valence-electron chi connectivity index (χ1n) is 7.48. The molecule has 0 aliphatic carbocycles. The second kappa shape index (κ2) is 6.27. The van der Waals surface area contributed by atoms with E-state index in [-0.39, 0.29) is 19.2 Å². The number of aromatic nitrogens is 1. The predicted octanol–water partition coefficient (Wildman–Crippen LogP) is 3.57. The molecule has 0 unspecified atom stereocenters. The number of carbonyl (C=O) groups is 1. The van der Waals surface area contributed by atoms with Crippen molar-refractivity contribution in [1.82, 2.24) is 5.16 Å². The number of fused-ring (bicyclic) bond motifs is 1. The fourth-order valence-corrected chi connectivity index (χ4v) is 2.41. The van der Waals surface area contributed by atoms with Crippen LogP contribution in [0, 0.1) is 5.82 Å². The lowest BCUT2D eigenvalue weighted by Crippen LogP contribution is -2.05. The summed E-state index contributed by atoms with van der Waals surface area (Å²) in [6, 6.07) is 12.5. The zero-order chi connectivity index (χ0) is 17.2. The van der Waals surface area contributed by atoms with Crippen LogP contribution in [0.4, 0.5) is 4.39 Å². The Morgan fingerprint density at radius 1 is 1.12 bits per heavy atom. The zero-order valence-corrected chi connectivity index (χ0v) is 12.9. The Hall–Kier alpha value is -3.35. The van der Waals surface area contributed by atoms with Crippen molar-refractivity contribution in [2.75, 3.05) is 6.79 Å². The van der Waals surface area contributed by atoms with Crippen molar-refractivity contribution in [2.24, 2.45) is 0 Å². The largest absolute Gasteiger partial charge is 0.455 e. The molecule has 4 rings (SSSR count). The van der Waals surface area contributed by atoms with Gasteiger partial charge in [-0.25, -0.2) is 9.18 Å². The molecule has 2 heterocycles. The molecule has 1 aromatic heterocycles. The smallest absolute Gasteiger partial charge is 0.338 e. The lowest BCUT2D eigenvalue weighted by molar-refractivity contribution is 0.0464. The molecule has 0 N–H and O–H groups in total. The molecule has 0 amide bonds. The molecule has 3 aromatic rings. The first-order chi connectivity index (χ1) is 12.2. The Morgan fingerprint density at radius 2 is 1.96 bits per heavy atom. The van der Waals surface area contributed by atoms with Gasteiger partial charge >= 0.3 is 5.97 Å². The van der Waals surface area contributed by atoms with Gasteiger partial charge in [0.25, 0.3) is 0 Å². The Labute approximate surface area is 141 Å². The average molecular weight is 341 g/mol. The van der Waals surface area contributed by atoms with Crippen molar-refractivity contribution in [1.29, 1.82) is 0 Å². The first kappa shape index (κ1) is 15.2. The van der Waals surface area contributed by atoms with E-state index in [1.807, 2.05) is 0 Å². The minimum absolute atomic E-state index is 0.0920. The molecular formula is C18H12FNO5. The molecular weight excluding hydrogens is 329 g/mol. The van der Waals surface area contributed by atoms with E-state index in [4.69, 9.17) is 18.7 Å². The van der Waals surface area contributed by atoms with Crippen LogP contribution in [-0.4, -0.2) is 17.9 Å². The lowest BCUT2D eigenvalue weighted by atomic mass is 10.1. The Kier molecular flexibility index (Phi) is 3.81. The van der Waals surface area contributed by atoms with Crippen LogP contribution in [0.15, 0.2) is 53.1 Å². The topological polar surface area (TPSA) is 70.8 Å². The number of halogens is 1. The van der Waals surface area contributed by atoms with Gasteiger partial charge in [0, 0.05) is 6.07 Å². The van der Waals surface area contributed by atoms with Gasteiger partial charge in [0.05, 0.1) is 11.1 Å². The van der Waals surface area contributed by atoms with Gasteiger partial charge in [-0.15, -0.1) is 0 Å². The van der Waals surface area contributed by atoms with E-state index in [1.165, 1.54) is 12.1 Å². The molecule has 0 saturated carbocycles. The van der Waals surface area contributed by atoms with Gasteiger partial charge in [-0.3, -0.25) is 0 Å². The first-order valence-corrected chi connectivity index (χ1v) is 7.48.